The van der Waals surface area contributed by atoms with Gasteiger partial charge < -0.3 is 10.2 Å². The van der Waals surface area contributed by atoms with Crippen molar-refractivity contribution >= 4 is 11.7 Å². The number of anilines is 1. The van der Waals surface area contributed by atoms with Crippen molar-refractivity contribution < 1.29 is 4.79 Å². The first-order valence-corrected chi connectivity index (χ1v) is 5.71. The fourth-order valence-electron chi connectivity index (χ4n) is 1.79. The van der Waals surface area contributed by atoms with Crippen molar-refractivity contribution in [2.75, 3.05) is 18.9 Å². The third-order valence-electron chi connectivity index (χ3n) is 2.86. The number of rotatable bonds is 4. The van der Waals surface area contributed by atoms with Crippen molar-refractivity contribution in [1.29, 1.82) is 0 Å². The summed E-state index contributed by atoms with van der Waals surface area (Å²) in [6.45, 7) is 2.79. The normalized spacial score (nSPS) is 14.6. The Balaban J connectivity index is 2.12. The number of hydrogen-bond donors (Lipinski definition) is 1. The van der Waals surface area contributed by atoms with Gasteiger partial charge in [-0.2, -0.15) is 0 Å². The monoisotopic (exact) mass is 219 g/mol. The van der Waals surface area contributed by atoms with E-state index in [-0.39, 0.29) is 5.91 Å². The second kappa shape index (κ2) is 4.51. The zero-order valence-electron chi connectivity index (χ0n) is 9.73. The molecule has 1 N–H and O–H groups in total. The fraction of sp³-hybridized carbons (Fsp3) is 0.500. The Labute approximate surface area is 95.7 Å². The van der Waals surface area contributed by atoms with Crippen LogP contribution < -0.4 is 5.32 Å². The van der Waals surface area contributed by atoms with Gasteiger partial charge >= 0.3 is 0 Å². The number of nitrogens with zero attached hydrogens (tertiary/aromatic N) is 2. The molecule has 0 atom stereocenters. The molecule has 4 nitrogen and oxygen atoms in total. The van der Waals surface area contributed by atoms with Gasteiger partial charge in [0.1, 0.15) is 5.82 Å². The number of nitrogens with one attached hydrogen (secondary N) is 1. The van der Waals surface area contributed by atoms with E-state index in [0.29, 0.717) is 11.6 Å². The van der Waals surface area contributed by atoms with Crippen LogP contribution >= 0.6 is 0 Å². The predicted molar refractivity (Wildman–Crippen MR) is 63.5 cm³/mol. The number of amides is 1. The van der Waals surface area contributed by atoms with Gasteiger partial charge in [-0.1, -0.05) is 0 Å². The van der Waals surface area contributed by atoms with Crippen molar-refractivity contribution in [3.63, 3.8) is 0 Å². The van der Waals surface area contributed by atoms with Gasteiger partial charge in [-0.05, 0) is 31.9 Å². The Morgan fingerprint density at radius 1 is 1.56 bits per heavy atom. The Kier molecular flexibility index (Phi) is 3.08. The van der Waals surface area contributed by atoms with Crippen LogP contribution in [0.5, 0.6) is 0 Å². The predicted octanol–water partition coefficient (Wildman–Crippen LogP) is 1.75. The molecular formula is C12H17N3O. The molecule has 0 radical (unpaired) electrons. The highest BCUT2D eigenvalue weighted by atomic mass is 16.2. The lowest BCUT2D eigenvalue weighted by Crippen LogP contribution is -2.32. The summed E-state index contributed by atoms with van der Waals surface area (Å²) in [7, 11) is 1.81. The van der Waals surface area contributed by atoms with Crippen LogP contribution in [-0.2, 0) is 0 Å². The highest BCUT2D eigenvalue weighted by Crippen LogP contribution is 2.27. The molecule has 0 aliphatic heterocycles. The van der Waals surface area contributed by atoms with Crippen molar-refractivity contribution in [3.8, 4) is 0 Å². The van der Waals surface area contributed by atoms with E-state index in [1.807, 2.05) is 31.0 Å². The van der Waals surface area contributed by atoms with Crippen LogP contribution in [0, 0.1) is 0 Å². The molecule has 1 aliphatic carbocycles. The summed E-state index contributed by atoms with van der Waals surface area (Å²) in [6.07, 6.45) is 3.92. The van der Waals surface area contributed by atoms with Gasteiger partial charge in [0.15, 0.2) is 0 Å². The van der Waals surface area contributed by atoms with Crippen LogP contribution in [0.15, 0.2) is 18.3 Å². The van der Waals surface area contributed by atoms with Gasteiger partial charge in [0.05, 0.1) is 5.56 Å². The van der Waals surface area contributed by atoms with Crippen LogP contribution in [0.4, 0.5) is 5.82 Å². The average Bonchev–Trinajstić information content (AvgIpc) is 3.14. The number of aromatic nitrogens is 1. The van der Waals surface area contributed by atoms with E-state index in [1.54, 1.807) is 6.20 Å². The van der Waals surface area contributed by atoms with Gasteiger partial charge in [0.25, 0.3) is 5.91 Å². The van der Waals surface area contributed by atoms with E-state index >= 15 is 0 Å². The molecule has 1 aromatic rings. The van der Waals surface area contributed by atoms with E-state index in [1.165, 1.54) is 0 Å². The Hall–Kier alpha value is -1.58. The van der Waals surface area contributed by atoms with Crippen molar-refractivity contribution in [2.24, 2.45) is 0 Å². The van der Waals surface area contributed by atoms with Crippen molar-refractivity contribution in [1.82, 2.24) is 9.88 Å². The average molecular weight is 219 g/mol. The third-order valence-corrected chi connectivity index (χ3v) is 2.86. The molecule has 1 aliphatic rings. The van der Waals surface area contributed by atoms with E-state index in [4.69, 9.17) is 0 Å². The lowest BCUT2D eigenvalue weighted by Gasteiger charge is -2.20. The molecule has 4 heteroatoms. The van der Waals surface area contributed by atoms with E-state index in [0.717, 1.165) is 25.2 Å². The largest absolute Gasteiger partial charge is 0.373 e. The number of carbonyl (C=O) groups excluding carboxylic acids is 1. The first-order chi connectivity index (χ1) is 7.76. The minimum Gasteiger partial charge on any atom is -0.373 e. The maximum Gasteiger partial charge on any atom is 0.255 e. The van der Waals surface area contributed by atoms with Crippen LogP contribution in [0.3, 0.4) is 0 Å². The first kappa shape index (κ1) is 10.9. The molecule has 1 aromatic heterocycles. The Bertz CT molecular complexity index is 370. The molecule has 1 heterocycles. The summed E-state index contributed by atoms with van der Waals surface area (Å²) in [4.78, 5) is 18.2. The van der Waals surface area contributed by atoms with Gasteiger partial charge in [0, 0.05) is 25.8 Å². The van der Waals surface area contributed by atoms with E-state index in [2.05, 4.69) is 10.3 Å². The molecule has 0 aromatic carbocycles. The summed E-state index contributed by atoms with van der Waals surface area (Å²) < 4.78 is 0. The molecular weight excluding hydrogens is 202 g/mol. The second-order valence-electron chi connectivity index (χ2n) is 4.00. The SMILES string of the molecule is CCN(C(=O)c1ccc(NC)nc1)C1CC1. The van der Waals surface area contributed by atoms with Gasteiger partial charge in [-0.15, -0.1) is 0 Å². The molecule has 1 saturated carbocycles. The van der Waals surface area contributed by atoms with Crippen molar-refractivity contribution in [3.05, 3.63) is 23.9 Å². The lowest BCUT2D eigenvalue weighted by molar-refractivity contribution is 0.0752. The minimum atomic E-state index is 0.0974. The fourth-order valence-corrected chi connectivity index (χ4v) is 1.79. The van der Waals surface area contributed by atoms with Gasteiger partial charge in [-0.3, -0.25) is 4.79 Å². The van der Waals surface area contributed by atoms with Crippen LogP contribution in [0.2, 0.25) is 0 Å². The second-order valence-corrected chi connectivity index (χ2v) is 4.00. The summed E-state index contributed by atoms with van der Waals surface area (Å²) in [5, 5.41) is 2.94. The Morgan fingerprint density at radius 3 is 2.75 bits per heavy atom. The summed E-state index contributed by atoms with van der Waals surface area (Å²) in [6, 6.07) is 4.11. The summed E-state index contributed by atoms with van der Waals surface area (Å²) in [5.74, 6) is 0.881. The standard InChI is InChI=1S/C12H17N3O/c1-3-15(10-5-6-10)12(16)9-4-7-11(13-2)14-8-9/h4,7-8,10H,3,5-6H2,1-2H3,(H,13,14). The quantitative estimate of drug-likeness (QED) is 0.839. The minimum absolute atomic E-state index is 0.0974. The van der Waals surface area contributed by atoms with Crippen LogP contribution in [0.25, 0.3) is 0 Å². The summed E-state index contributed by atoms with van der Waals surface area (Å²) in [5.41, 5.74) is 0.674. The third kappa shape index (κ3) is 2.15. The maximum absolute atomic E-state index is 12.1. The molecule has 86 valence electrons. The summed E-state index contributed by atoms with van der Waals surface area (Å²) >= 11 is 0. The zero-order chi connectivity index (χ0) is 11.5. The highest BCUT2D eigenvalue weighted by molar-refractivity contribution is 5.94. The molecule has 16 heavy (non-hydrogen) atoms. The van der Waals surface area contributed by atoms with Crippen LogP contribution in [0.1, 0.15) is 30.1 Å². The molecule has 0 bridgehead atoms. The maximum atomic E-state index is 12.1. The number of pyridine rings is 1. The number of hydrogen-bond acceptors (Lipinski definition) is 3. The smallest absolute Gasteiger partial charge is 0.255 e. The molecule has 1 fully saturated rings. The molecule has 2 rings (SSSR count). The van der Waals surface area contributed by atoms with Gasteiger partial charge in [-0.25, -0.2) is 4.98 Å². The molecule has 0 saturated heterocycles. The van der Waals surface area contributed by atoms with Crippen LogP contribution in [-0.4, -0.2) is 35.4 Å². The zero-order valence-corrected chi connectivity index (χ0v) is 9.73. The molecule has 0 spiro atoms. The highest BCUT2D eigenvalue weighted by Gasteiger charge is 2.31. The molecule has 0 unspecified atom stereocenters. The topological polar surface area (TPSA) is 45.2 Å². The Morgan fingerprint density at radius 2 is 2.31 bits per heavy atom. The van der Waals surface area contributed by atoms with Gasteiger partial charge in [0.2, 0.25) is 0 Å². The first-order valence-electron chi connectivity index (χ1n) is 5.71. The lowest BCUT2D eigenvalue weighted by atomic mass is 10.2. The van der Waals surface area contributed by atoms with E-state index in [9.17, 15) is 4.79 Å². The van der Waals surface area contributed by atoms with E-state index < -0.39 is 0 Å². The number of carbonyl (C=O) groups is 1. The van der Waals surface area contributed by atoms with Crippen molar-refractivity contribution in [2.45, 2.75) is 25.8 Å². The molecule has 1 amide bonds.